The summed E-state index contributed by atoms with van der Waals surface area (Å²) in [5, 5.41) is 14.6. The molecule has 0 radical (unpaired) electrons. The highest BCUT2D eigenvalue weighted by Gasteiger charge is 2.26. The first-order valence-electron chi connectivity index (χ1n) is 9.33. The molecule has 1 aromatic heterocycles. The minimum absolute atomic E-state index is 0.174. The number of rotatable bonds is 8. The zero-order valence-electron chi connectivity index (χ0n) is 17.1. The van der Waals surface area contributed by atoms with Gasteiger partial charge >= 0.3 is 23.5 Å². The van der Waals surface area contributed by atoms with Crippen molar-refractivity contribution in [3.05, 3.63) is 76.1 Å². The fourth-order valence-corrected chi connectivity index (χ4v) is 2.69. The van der Waals surface area contributed by atoms with Gasteiger partial charge in [0.15, 0.2) is 0 Å². The van der Waals surface area contributed by atoms with E-state index in [2.05, 4.69) is 20.0 Å². The van der Waals surface area contributed by atoms with Crippen molar-refractivity contribution in [1.29, 1.82) is 0 Å². The number of hydrogen-bond donors (Lipinski definition) is 1. The van der Waals surface area contributed by atoms with Gasteiger partial charge < -0.3 is 19.5 Å². The lowest BCUT2D eigenvalue weighted by Gasteiger charge is -2.12. The lowest BCUT2D eigenvalue weighted by molar-refractivity contribution is -0.385. The quantitative estimate of drug-likeness (QED) is 0.312. The molecule has 0 saturated carbocycles. The fraction of sp³-hybridized carbons (Fsp3) is 0.143. The summed E-state index contributed by atoms with van der Waals surface area (Å²) in [6, 6.07) is 12.2. The highest BCUT2D eigenvalue weighted by atomic mass is 16.6. The monoisotopic (exact) mass is 438 g/mol. The van der Waals surface area contributed by atoms with Crippen molar-refractivity contribution >= 4 is 29.1 Å². The Balaban J connectivity index is 1.94. The number of ether oxygens (including phenoxy) is 3. The van der Waals surface area contributed by atoms with Gasteiger partial charge in [0.1, 0.15) is 12.1 Å². The topological polar surface area (TPSA) is 143 Å². The van der Waals surface area contributed by atoms with Crippen molar-refractivity contribution < 1.29 is 28.7 Å². The highest BCUT2D eigenvalue weighted by Crippen LogP contribution is 2.36. The van der Waals surface area contributed by atoms with Gasteiger partial charge in [-0.1, -0.05) is 12.1 Å². The zero-order chi connectivity index (χ0) is 23.1. The number of esters is 2. The third-order valence-electron chi connectivity index (χ3n) is 4.14. The lowest BCUT2D eigenvalue weighted by atomic mass is 10.2. The summed E-state index contributed by atoms with van der Waals surface area (Å²) < 4.78 is 15.2. The molecule has 32 heavy (non-hydrogen) atoms. The highest BCUT2D eigenvalue weighted by molar-refractivity contribution is 5.96. The van der Waals surface area contributed by atoms with E-state index in [1.807, 2.05) is 0 Å². The molecule has 0 saturated heterocycles. The summed E-state index contributed by atoms with van der Waals surface area (Å²) in [4.78, 5) is 42.6. The van der Waals surface area contributed by atoms with Gasteiger partial charge in [-0.25, -0.2) is 14.6 Å². The van der Waals surface area contributed by atoms with Gasteiger partial charge in [-0.15, -0.1) is 0 Å². The van der Waals surface area contributed by atoms with E-state index in [1.54, 1.807) is 25.1 Å². The molecule has 2 aromatic carbocycles. The van der Waals surface area contributed by atoms with Crippen LogP contribution in [0.1, 0.15) is 27.6 Å². The normalized spacial score (nSPS) is 10.2. The molecule has 3 aromatic rings. The molecule has 0 bridgehead atoms. The van der Waals surface area contributed by atoms with Crippen molar-refractivity contribution in [2.45, 2.75) is 6.92 Å². The maximum atomic E-state index is 12.2. The Morgan fingerprint density at radius 2 is 1.78 bits per heavy atom. The number of nitrogens with zero attached hydrogens (tertiary/aromatic N) is 3. The van der Waals surface area contributed by atoms with Crippen molar-refractivity contribution in [3.63, 3.8) is 0 Å². The van der Waals surface area contributed by atoms with Crippen LogP contribution in [0, 0.1) is 10.1 Å². The minimum atomic E-state index is -0.701. The Bertz CT molecular complexity index is 1150. The van der Waals surface area contributed by atoms with E-state index in [4.69, 9.17) is 9.47 Å². The third-order valence-corrected chi connectivity index (χ3v) is 4.14. The maximum Gasteiger partial charge on any atom is 0.373 e. The first-order valence-corrected chi connectivity index (χ1v) is 9.33. The fourth-order valence-electron chi connectivity index (χ4n) is 2.69. The Hall–Kier alpha value is -4.54. The van der Waals surface area contributed by atoms with E-state index in [-0.39, 0.29) is 40.9 Å². The Labute approximate surface area is 182 Å². The molecule has 0 amide bonds. The molecule has 0 fully saturated rings. The SMILES string of the molecule is CCOC(=O)c1ccccc1Nc1ncnc(Oc2ccc(C(=O)OC)cc2)c1[N+](=O)[O-]. The number of nitrogens with one attached hydrogen (secondary N) is 1. The Morgan fingerprint density at radius 3 is 2.44 bits per heavy atom. The molecule has 1 heterocycles. The summed E-state index contributed by atoms with van der Waals surface area (Å²) >= 11 is 0. The van der Waals surface area contributed by atoms with Crippen LogP contribution < -0.4 is 10.1 Å². The summed E-state index contributed by atoms with van der Waals surface area (Å²) in [6.07, 6.45) is 1.08. The number of para-hydroxylation sites is 1. The molecule has 0 unspecified atom stereocenters. The summed E-state index contributed by atoms with van der Waals surface area (Å²) in [7, 11) is 1.26. The molecule has 0 spiro atoms. The minimum Gasteiger partial charge on any atom is -0.465 e. The molecule has 0 atom stereocenters. The molecular weight excluding hydrogens is 420 g/mol. The molecule has 11 heteroatoms. The van der Waals surface area contributed by atoms with E-state index in [9.17, 15) is 19.7 Å². The molecular formula is C21H18N4O7. The predicted octanol–water partition coefficient (Wildman–Crippen LogP) is 3.88. The van der Waals surface area contributed by atoms with Crippen LogP contribution in [0.25, 0.3) is 0 Å². The average molecular weight is 438 g/mol. The Morgan fingerprint density at radius 1 is 1.06 bits per heavy atom. The predicted molar refractivity (Wildman–Crippen MR) is 112 cm³/mol. The molecule has 0 aliphatic heterocycles. The van der Waals surface area contributed by atoms with Crippen LogP contribution in [0.3, 0.4) is 0 Å². The average Bonchev–Trinajstić information content (AvgIpc) is 2.79. The van der Waals surface area contributed by atoms with Gasteiger partial charge in [0, 0.05) is 0 Å². The van der Waals surface area contributed by atoms with E-state index in [0.29, 0.717) is 0 Å². The van der Waals surface area contributed by atoms with Crippen LogP contribution in [0.4, 0.5) is 17.2 Å². The maximum absolute atomic E-state index is 12.2. The Kier molecular flexibility index (Phi) is 6.91. The van der Waals surface area contributed by atoms with Gasteiger partial charge in [-0.05, 0) is 43.3 Å². The number of nitro groups is 1. The number of anilines is 2. The largest absolute Gasteiger partial charge is 0.465 e. The standard InChI is InChI=1S/C21H18N4O7/c1-3-31-21(27)15-6-4-5-7-16(15)24-18-17(25(28)29)19(23-12-22-18)32-14-10-8-13(9-11-14)20(26)30-2/h4-12H,3H2,1-2H3,(H,22,23,24). The zero-order valence-corrected chi connectivity index (χ0v) is 17.1. The van der Waals surface area contributed by atoms with Gasteiger partial charge in [0.05, 0.1) is 35.5 Å². The van der Waals surface area contributed by atoms with Crippen LogP contribution in [0.5, 0.6) is 11.6 Å². The van der Waals surface area contributed by atoms with Crippen molar-refractivity contribution in [3.8, 4) is 11.6 Å². The molecule has 3 rings (SSSR count). The number of benzene rings is 2. The molecule has 11 nitrogen and oxygen atoms in total. The summed E-state index contributed by atoms with van der Waals surface area (Å²) in [6.45, 7) is 1.85. The van der Waals surface area contributed by atoms with Crippen LogP contribution in [0.15, 0.2) is 54.9 Å². The van der Waals surface area contributed by atoms with Gasteiger partial charge in [0.2, 0.25) is 5.82 Å². The second kappa shape index (κ2) is 9.98. The van der Waals surface area contributed by atoms with E-state index in [0.717, 1.165) is 6.33 Å². The van der Waals surface area contributed by atoms with Gasteiger partial charge in [0.25, 0.3) is 0 Å². The number of methoxy groups -OCH3 is 1. The van der Waals surface area contributed by atoms with E-state index < -0.39 is 22.5 Å². The van der Waals surface area contributed by atoms with Crippen LogP contribution >= 0.6 is 0 Å². The molecule has 1 N–H and O–H groups in total. The first kappa shape index (κ1) is 22.2. The van der Waals surface area contributed by atoms with Crippen LogP contribution in [0.2, 0.25) is 0 Å². The molecule has 164 valence electrons. The second-order valence-electron chi connectivity index (χ2n) is 6.14. The van der Waals surface area contributed by atoms with Crippen molar-refractivity contribution in [1.82, 2.24) is 9.97 Å². The van der Waals surface area contributed by atoms with Gasteiger partial charge in [-0.2, -0.15) is 4.98 Å². The smallest absolute Gasteiger partial charge is 0.373 e. The number of carbonyl (C=O) groups excluding carboxylic acids is 2. The molecule has 0 aliphatic rings. The van der Waals surface area contributed by atoms with Crippen molar-refractivity contribution in [2.75, 3.05) is 19.0 Å². The second-order valence-corrected chi connectivity index (χ2v) is 6.14. The van der Waals surface area contributed by atoms with Gasteiger partial charge in [-0.3, -0.25) is 10.1 Å². The number of hydrogen-bond acceptors (Lipinski definition) is 10. The summed E-state index contributed by atoms with van der Waals surface area (Å²) in [5.74, 6) is -1.42. The lowest BCUT2D eigenvalue weighted by Crippen LogP contribution is -2.09. The number of carbonyl (C=O) groups is 2. The van der Waals surface area contributed by atoms with Crippen LogP contribution in [-0.4, -0.2) is 40.5 Å². The summed E-state index contributed by atoms with van der Waals surface area (Å²) in [5.41, 5.74) is 0.197. The third kappa shape index (κ3) is 4.95. The molecule has 0 aliphatic carbocycles. The number of aromatic nitrogens is 2. The van der Waals surface area contributed by atoms with E-state index >= 15 is 0 Å². The van der Waals surface area contributed by atoms with Crippen molar-refractivity contribution in [2.24, 2.45) is 0 Å². The van der Waals surface area contributed by atoms with E-state index in [1.165, 1.54) is 37.4 Å². The first-order chi connectivity index (χ1) is 15.4. The van der Waals surface area contributed by atoms with Crippen LogP contribution in [-0.2, 0) is 9.47 Å².